The van der Waals surface area contributed by atoms with Gasteiger partial charge in [0.05, 0.1) is 16.9 Å². The maximum absolute atomic E-state index is 13.9. The number of rotatable bonds is 3. The van der Waals surface area contributed by atoms with Crippen molar-refractivity contribution in [3.8, 4) is 0 Å². The lowest BCUT2D eigenvalue weighted by Gasteiger charge is -2.13. The first-order valence-corrected chi connectivity index (χ1v) is 7.89. The minimum absolute atomic E-state index is 0.0254. The molecular weight excluding hydrogens is 362 g/mol. The minimum atomic E-state index is -4.95. The molecule has 0 atom stereocenters. The van der Waals surface area contributed by atoms with E-state index in [1.807, 2.05) is 0 Å². The second kappa shape index (κ2) is 5.68. The number of hydrogen-bond donors (Lipinski definition) is 1. The summed E-state index contributed by atoms with van der Waals surface area (Å²) in [6, 6.07) is 2.28. The molecule has 11 heteroatoms. The topological polar surface area (TPSA) is 64.0 Å². The van der Waals surface area contributed by atoms with Gasteiger partial charge in [0.15, 0.2) is 5.82 Å². The van der Waals surface area contributed by atoms with Crippen LogP contribution in [0.25, 0.3) is 0 Å². The normalized spacial score (nSPS) is 12.5. The molecule has 0 amide bonds. The Hall–Kier alpha value is -1.81. The number of aryl methyl sites for hydroxylation is 2. The second-order valence-corrected chi connectivity index (χ2v) is 6.58. The van der Waals surface area contributed by atoms with Gasteiger partial charge in [0.1, 0.15) is 10.0 Å². The first-order valence-electron chi connectivity index (χ1n) is 6.02. The summed E-state index contributed by atoms with van der Waals surface area (Å²) in [7, 11) is -3.02. The Bertz CT molecular complexity index is 862. The lowest BCUT2D eigenvalue weighted by molar-refractivity contribution is -0.139. The van der Waals surface area contributed by atoms with Gasteiger partial charge in [0.2, 0.25) is 0 Å². The van der Waals surface area contributed by atoms with Gasteiger partial charge in [-0.15, -0.1) is 0 Å². The van der Waals surface area contributed by atoms with Crippen molar-refractivity contribution in [3.05, 3.63) is 40.4 Å². The molecule has 1 N–H and O–H groups in total. The SMILES string of the molecule is Cc1nn(C)c(Cl)c1S(=O)(=O)Nc1cccc(C(F)(F)F)c1F. The van der Waals surface area contributed by atoms with Gasteiger partial charge in [-0.2, -0.15) is 18.3 Å². The maximum Gasteiger partial charge on any atom is 0.419 e. The van der Waals surface area contributed by atoms with Crippen LogP contribution in [-0.2, 0) is 23.2 Å². The van der Waals surface area contributed by atoms with E-state index >= 15 is 0 Å². The highest BCUT2D eigenvalue weighted by molar-refractivity contribution is 7.92. The van der Waals surface area contributed by atoms with Crippen LogP contribution in [-0.4, -0.2) is 18.2 Å². The van der Waals surface area contributed by atoms with Gasteiger partial charge >= 0.3 is 6.18 Å². The Labute approximate surface area is 133 Å². The Morgan fingerprint density at radius 2 is 1.91 bits per heavy atom. The van der Waals surface area contributed by atoms with Crippen LogP contribution >= 0.6 is 11.6 Å². The van der Waals surface area contributed by atoms with E-state index in [-0.39, 0.29) is 10.8 Å². The quantitative estimate of drug-likeness (QED) is 0.842. The molecule has 1 aromatic heterocycles. The largest absolute Gasteiger partial charge is 0.419 e. The smallest absolute Gasteiger partial charge is 0.276 e. The second-order valence-electron chi connectivity index (χ2n) is 4.60. The summed E-state index contributed by atoms with van der Waals surface area (Å²) in [6.45, 7) is 1.35. The van der Waals surface area contributed by atoms with E-state index in [2.05, 4.69) is 5.10 Å². The van der Waals surface area contributed by atoms with Crippen molar-refractivity contribution in [2.24, 2.45) is 7.05 Å². The van der Waals surface area contributed by atoms with Crippen molar-refractivity contribution in [3.63, 3.8) is 0 Å². The van der Waals surface area contributed by atoms with Crippen molar-refractivity contribution in [2.45, 2.75) is 18.0 Å². The molecule has 0 aliphatic rings. The summed E-state index contributed by atoms with van der Waals surface area (Å²) >= 11 is 5.82. The number of benzene rings is 1. The molecule has 0 unspecified atom stereocenters. The van der Waals surface area contributed by atoms with Crippen molar-refractivity contribution in [2.75, 3.05) is 4.72 Å². The fourth-order valence-corrected chi connectivity index (χ4v) is 3.75. The molecule has 2 rings (SSSR count). The average Bonchev–Trinajstić information content (AvgIpc) is 2.64. The molecule has 0 saturated heterocycles. The van der Waals surface area contributed by atoms with Crippen LogP contribution in [0.1, 0.15) is 11.3 Å². The van der Waals surface area contributed by atoms with Gasteiger partial charge in [-0.3, -0.25) is 9.40 Å². The maximum atomic E-state index is 13.9. The lowest BCUT2D eigenvalue weighted by Crippen LogP contribution is -2.17. The average molecular weight is 372 g/mol. The van der Waals surface area contributed by atoms with Gasteiger partial charge in [-0.05, 0) is 19.1 Å². The van der Waals surface area contributed by atoms with Crippen molar-refractivity contribution < 1.29 is 26.0 Å². The predicted molar refractivity (Wildman–Crippen MR) is 75.2 cm³/mol. The highest BCUT2D eigenvalue weighted by Crippen LogP contribution is 2.35. The van der Waals surface area contributed by atoms with Crippen LogP contribution in [0.2, 0.25) is 5.15 Å². The number of sulfonamides is 1. The molecule has 1 heterocycles. The highest BCUT2D eigenvalue weighted by atomic mass is 35.5. The van der Waals surface area contributed by atoms with Crippen LogP contribution in [0.3, 0.4) is 0 Å². The molecule has 0 aliphatic carbocycles. The third-order valence-electron chi connectivity index (χ3n) is 2.92. The zero-order valence-corrected chi connectivity index (χ0v) is 13.3. The molecule has 0 saturated carbocycles. The number of halogens is 5. The van der Waals surface area contributed by atoms with E-state index in [4.69, 9.17) is 11.6 Å². The summed E-state index contributed by atoms with van der Waals surface area (Å²) in [6.07, 6.45) is -4.95. The number of aromatic nitrogens is 2. The van der Waals surface area contributed by atoms with Crippen LogP contribution in [0.5, 0.6) is 0 Å². The molecule has 0 fully saturated rings. The molecule has 0 aliphatic heterocycles. The van der Waals surface area contributed by atoms with E-state index in [9.17, 15) is 26.0 Å². The standard InChI is InChI=1S/C12H10ClF4N3O2S/c1-6-10(11(13)20(2)18-6)23(21,22)19-8-5-3-4-7(9(8)14)12(15,16)17/h3-5,19H,1-2H3. The van der Waals surface area contributed by atoms with E-state index < -0.39 is 38.2 Å². The highest BCUT2D eigenvalue weighted by Gasteiger charge is 2.36. The Kier molecular flexibility index (Phi) is 4.33. The molecule has 5 nitrogen and oxygen atoms in total. The molecule has 0 spiro atoms. The number of anilines is 1. The van der Waals surface area contributed by atoms with Gasteiger partial charge in [-0.25, -0.2) is 12.8 Å². The molecule has 2 aromatic rings. The summed E-state index contributed by atoms with van der Waals surface area (Å²) in [5.74, 6) is -1.72. The van der Waals surface area contributed by atoms with E-state index in [1.165, 1.54) is 14.0 Å². The molecule has 23 heavy (non-hydrogen) atoms. The van der Waals surface area contributed by atoms with E-state index in [0.717, 1.165) is 16.8 Å². The summed E-state index contributed by atoms with van der Waals surface area (Å²) in [5.41, 5.74) is -2.39. The number of nitrogens with one attached hydrogen (secondary N) is 1. The number of hydrogen-bond acceptors (Lipinski definition) is 3. The van der Waals surface area contributed by atoms with Gasteiger partial charge in [0, 0.05) is 7.05 Å². The summed E-state index contributed by atoms with van der Waals surface area (Å²) < 4.78 is 79.3. The Morgan fingerprint density at radius 1 is 1.30 bits per heavy atom. The van der Waals surface area contributed by atoms with Crippen LogP contribution in [0, 0.1) is 12.7 Å². The third kappa shape index (κ3) is 3.27. The van der Waals surface area contributed by atoms with Crippen molar-refractivity contribution in [1.29, 1.82) is 0 Å². The first-order chi connectivity index (χ1) is 10.4. The number of nitrogens with zero attached hydrogens (tertiary/aromatic N) is 2. The monoisotopic (exact) mass is 371 g/mol. The zero-order valence-electron chi connectivity index (χ0n) is 11.7. The van der Waals surface area contributed by atoms with Crippen molar-refractivity contribution >= 4 is 27.3 Å². The van der Waals surface area contributed by atoms with E-state index in [1.54, 1.807) is 4.72 Å². The number of alkyl halides is 3. The Morgan fingerprint density at radius 3 is 2.39 bits per heavy atom. The van der Waals surface area contributed by atoms with Gasteiger partial charge in [0.25, 0.3) is 10.0 Å². The van der Waals surface area contributed by atoms with Crippen LogP contribution < -0.4 is 4.72 Å². The summed E-state index contributed by atoms with van der Waals surface area (Å²) in [4.78, 5) is -0.432. The third-order valence-corrected chi connectivity index (χ3v) is 4.98. The van der Waals surface area contributed by atoms with Gasteiger partial charge in [-0.1, -0.05) is 17.7 Å². The summed E-state index contributed by atoms with van der Waals surface area (Å²) in [5, 5.41) is 3.54. The molecular formula is C12H10ClF4N3O2S. The Balaban J connectivity index is 2.51. The van der Waals surface area contributed by atoms with Crippen molar-refractivity contribution in [1.82, 2.24) is 9.78 Å². The predicted octanol–water partition coefficient (Wildman–Crippen LogP) is 3.34. The molecule has 0 radical (unpaired) electrons. The van der Waals surface area contributed by atoms with E-state index in [0.29, 0.717) is 6.07 Å². The molecule has 0 bridgehead atoms. The first kappa shape index (κ1) is 17.5. The van der Waals surface area contributed by atoms with Crippen LogP contribution in [0.4, 0.5) is 23.2 Å². The lowest BCUT2D eigenvalue weighted by atomic mass is 10.2. The molecule has 126 valence electrons. The fourth-order valence-electron chi connectivity index (χ4n) is 1.94. The zero-order chi connectivity index (χ0) is 17.6. The van der Waals surface area contributed by atoms with Crippen LogP contribution in [0.15, 0.2) is 23.1 Å². The molecule has 1 aromatic carbocycles. The minimum Gasteiger partial charge on any atom is -0.276 e. The fraction of sp³-hybridized carbons (Fsp3) is 0.250. The van der Waals surface area contributed by atoms with Gasteiger partial charge < -0.3 is 0 Å².